The average molecular weight is 275 g/mol. The number of para-hydroxylation sites is 1. The molecule has 96 valence electrons. The van der Waals surface area contributed by atoms with Crippen molar-refractivity contribution in [2.45, 2.75) is 12.3 Å². The van der Waals surface area contributed by atoms with Crippen molar-refractivity contribution in [2.24, 2.45) is 0 Å². The van der Waals surface area contributed by atoms with Crippen LogP contribution in [0.25, 0.3) is 0 Å². The maximum atomic E-state index is 11.5. The van der Waals surface area contributed by atoms with Crippen molar-refractivity contribution in [1.29, 1.82) is 0 Å². The fourth-order valence-corrected chi connectivity index (χ4v) is 2.51. The van der Waals surface area contributed by atoms with Crippen molar-refractivity contribution in [3.8, 4) is 11.5 Å². The van der Waals surface area contributed by atoms with Crippen LogP contribution in [-0.4, -0.2) is 11.1 Å². The zero-order chi connectivity index (χ0) is 13.4. The number of carboxylic acid groups (broad SMARTS) is 1. The number of aliphatic carboxylic acids is 1. The van der Waals surface area contributed by atoms with Gasteiger partial charge in [-0.25, -0.2) is 0 Å². The van der Waals surface area contributed by atoms with Gasteiger partial charge in [-0.2, -0.15) is 0 Å². The summed E-state index contributed by atoms with van der Waals surface area (Å²) in [6, 6.07) is 12.6. The molecule has 4 heteroatoms. The van der Waals surface area contributed by atoms with Crippen molar-refractivity contribution in [2.75, 3.05) is 0 Å². The second-order valence-electron chi connectivity index (χ2n) is 4.49. The zero-order valence-corrected chi connectivity index (χ0v) is 10.7. The number of hydrogen-bond acceptors (Lipinski definition) is 2. The highest BCUT2D eigenvalue weighted by Crippen LogP contribution is 2.40. The van der Waals surface area contributed by atoms with Gasteiger partial charge in [-0.15, -0.1) is 0 Å². The predicted octanol–water partition coefficient (Wildman–Crippen LogP) is 3.86. The van der Waals surface area contributed by atoms with Crippen molar-refractivity contribution in [3.05, 3.63) is 58.6 Å². The Morgan fingerprint density at radius 2 is 2.00 bits per heavy atom. The monoisotopic (exact) mass is 274 g/mol. The molecule has 3 rings (SSSR count). The van der Waals surface area contributed by atoms with E-state index in [0.29, 0.717) is 28.5 Å². The van der Waals surface area contributed by atoms with E-state index in [4.69, 9.17) is 16.3 Å². The third kappa shape index (κ3) is 2.17. The molecular weight excluding hydrogens is 264 g/mol. The van der Waals surface area contributed by atoms with E-state index in [1.165, 1.54) is 0 Å². The Balaban J connectivity index is 2.18. The van der Waals surface area contributed by atoms with Gasteiger partial charge in [-0.1, -0.05) is 29.8 Å². The van der Waals surface area contributed by atoms with Crippen LogP contribution in [0, 0.1) is 0 Å². The standard InChI is InChI=1S/C15H11ClO3/c16-10-5-6-14-11(8-10)12(15(17)18)7-9-3-1-2-4-13(9)19-14/h1-6,8,12H,7H2,(H,17,18). The normalized spacial score (nSPS) is 16.8. The number of ether oxygens (including phenoxy) is 1. The summed E-state index contributed by atoms with van der Waals surface area (Å²) in [6.07, 6.45) is 0.402. The second kappa shape index (κ2) is 4.59. The maximum absolute atomic E-state index is 11.5. The van der Waals surface area contributed by atoms with Crippen LogP contribution in [0.15, 0.2) is 42.5 Å². The van der Waals surface area contributed by atoms with Crippen LogP contribution < -0.4 is 4.74 Å². The Hall–Kier alpha value is -2.00. The van der Waals surface area contributed by atoms with Gasteiger partial charge in [0.25, 0.3) is 0 Å². The molecule has 0 saturated carbocycles. The molecule has 0 aliphatic carbocycles. The molecule has 1 aliphatic heterocycles. The molecular formula is C15H11ClO3. The van der Waals surface area contributed by atoms with Crippen LogP contribution in [0.5, 0.6) is 11.5 Å². The minimum atomic E-state index is -0.871. The summed E-state index contributed by atoms with van der Waals surface area (Å²) in [5.41, 5.74) is 1.51. The molecule has 2 aromatic carbocycles. The molecule has 0 aromatic heterocycles. The zero-order valence-electron chi connectivity index (χ0n) is 9.97. The fourth-order valence-electron chi connectivity index (χ4n) is 2.33. The Morgan fingerprint density at radius 1 is 1.21 bits per heavy atom. The fraction of sp³-hybridized carbons (Fsp3) is 0.133. The van der Waals surface area contributed by atoms with Gasteiger partial charge in [0.05, 0.1) is 5.92 Å². The summed E-state index contributed by atoms with van der Waals surface area (Å²) in [6.45, 7) is 0. The first-order valence-electron chi connectivity index (χ1n) is 5.93. The summed E-state index contributed by atoms with van der Waals surface area (Å²) >= 11 is 5.96. The third-order valence-corrected chi connectivity index (χ3v) is 3.50. The molecule has 0 radical (unpaired) electrons. The second-order valence-corrected chi connectivity index (χ2v) is 4.92. The Morgan fingerprint density at radius 3 is 2.79 bits per heavy atom. The van der Waals surface area contributed by atoms with Crippen molar-refractivity contribution >= 4 is 17.6 Å². The molecule has 0 bridgehead atoms. The first kappa shape index (κ1) is 12.1. The maximum Gasteiger partial charge on any atom is 0.311 e. The molecule has 1 N–H and O–H groups in total. The molecule has 19 heavy (non-hydrogen) atoms. The van der Waals surface area contributed by atoms with Crippen molar-refractivity contribution in [3.63, 3.8) is 0 Å². The number of benzene rings is 2. The SMILES string of the molecule is O=C(O)C1Cc2ccccc2Oc2ccc(Cl)cc21. The number of rotatable bonds is 1. The van der Waals surface area contributed by atoms with Crippen LogP contribution >= 0.6 is 11.6 Å². The predicted molar refractivity (Wildman–Crippen MR) is 72.0 cm³/mol. The van der Waals surface area contributed by atoms with Gasteiger partial charge in [-0.3, -0.25) is 4.79 Å². The minimum Gasteiger partial charge on any atom is -0.481 e. The first-order chi connectivity index (χ1) is 9.15. The van der Waals surface area contributed by atoms with Crippen LogP contribution in [0.1, 0.15) is 17.0 Å². The Kier molecular flexibility index (Phi) is 2.91. The Labute approximate surface area is 115 Å². The van der Waals surface area contributed by atoms with E-state index in [1.54, 1.807) is 18.2 Å². The van der Waals surface area contributed by atoms with E-state index in [9.17, 15) is 9.90 Å². The molecule has 1 atom stereocenters. The number of hydrogen-bond donors (Lipinski definition) is 1. The highest BCUT2D eigenvalue weighted by atomic mass is 35.5. The molecule has 0 amide bonds. The number of halogens is 1. The quantitative estimate of drug-likeness (QED) is 0.859. The number of fused-ring (bicyclic) bond motifs is 2. The molecule has 1 heterocycles. The highest BCUT2D eigenvalue weighted by Gasteiger charge is 2.28. The summed E-state index contributed by atoms with van der Waals surface area (Å²) in [7, 11) is 0. The molecule has 0 saturated heterocycles. The third-order valence-electron chi connectivity index (χ3n) is 3.26. The van der Waals surface area contributed by atoms with Crippen LogP contribution in [-0.2, 0) is 11.2 Å². The van der Waals surface area contributed by atoms with Gasteiger partial charge in [-0.05, 0) is 36.2 Å². The lowest BCUT2D eigenvalue weighted by Crippen LogP contribution is -2.13. The summed E-state index contributed by atoms with van der Waals surface area (Å²) in [5.74, 6) is -0.252. The van der Waals surface area contributed by atoms with Gasteiger partial charge in [0.2, 0.25) is 0 Å². The van der Waals surface area contributed by atoms with E-state index in [0.717, 1.165) is 5.56 Å². The van der Waals surface area contributed by atoms with Crippen molar-refractivity contribution < 1.29 is 14.6 Å². The lowest BCUT2D eigenvalue weighted by molar-refractivity contribution is -0.138. The highest BCUT2D eigenvalue weighted by molar-refractivity contribution is 6.30. The summed E-state index contributed by atoms with van der Waals surface area (Å²) < 4.78 is 5.82. The number of carbonyl (C=O) groups is 1. The van der Waals surface area contributed by atoms with E-state index >= 15 is 0 Å². The number of carboxylic acids is 1. The summed E-state index contributed by atoms with van der Waals surface area (Å²) in [5, 5.41) is 9.94. The Bertz CT molecular complexity index is 652. The van der Waals surface area contributed by atoms with Crippen LogP contribution in [0.3, 0.4) is 0 Å². The van der Waals surface area contributed by atoms with E-state index in [2.05, 4.69) is 0 Å². The van der Waals surface area contributed by atoms with Crippen LogP contribution in [0.2, 0.25) is 5.02 Å². The largest absolute Gasteiger partial charge is 0.481 e. The molecule has 1 unspecified atom stereocenters. The van der Waals surface area contributed by atoms with Gasteiger partial charge in [0.15, 0.2) is 0 Å². The lowest BCUT2D eigenvalue weighted by atomic mass is 9.92. The van der Waals surface area contributed by atoms with Crippen molar-refractivity contribution in [1.82, 2.24) is 0 Å². The molecule has 0 fully saturated rings. The molecule has 3 nitrogen and oxygen atoms in total. The van der Waals surface area contributed by atoms with E-state index < -0.39 is 11.9 Å². The summed E-state index contributed by atoms with van der Waals surface area (Å²) in [4.78, 5) is 11.5. The van der Waals surface area contributed by atoms with Gasteiger partial charge in [0, 0.05) is 10.6 Å². The molecule has 0 spiro atoms. The van der Waals surface area contributed by atoms with Crippen LogP contribution in [0.4, 0.5) is 0 Å². The molecule has 2 aromatic rings. The van der Waals surface area contributed by atoms with Gasteiger partial charge in [0.1, 0.15) is 11.5 Å². The average Bonchev–Trinajstić information content (AvgIpc) is 2.55. The first-order valence-corrected chi connectivity index (χ1v) is 6.31. The van der Waals surface area contributed by atoms with E-state index in [1.807, 2.05) is 24.3 Å². The van der Waals surface area contributed by atoms with E-state index in [-0.39, 0.29) is 0 Å². The lowest BCUT2D eigenvalue weighted by Gasteiger charge is -2.12. The molecule has 1 aliphatic rings. The minimum absolute atomic E-state index is 0.402. The topological polar surface area (TPSA) is 46.5 Å². The van der Waals surface area contributed by atoms with Gasteiger partial charge < -0.3 is 9.84 Å². The van der Waals surface area contributed by atoms with Gasteiger partial charge >= 0.3 is 5.97 Å². The smallest absolute Gasteiger partial charge is 0.311 e.